The van der Waals surface area contributed by atoms with Crippen LogP contribution in [0.5, 0.6) is 0 Å². The lowest BCUT2D eigenvalue weighted by Gasteiger charge is -2.36. The summed E-state index contributed by atoms with van der Waals surface area (Å²) < 4.78 is 0. The molecule has 6 nitrogen and oxygen atoms in total. The van der Waals surface area contributed by atoms with E-state index < -0.39 is 0 Å². The lowest BCUT2D eigenvalue weighted by molar-refractivity contribution is 0.295. The number of piperidine rings is 1. The molecule has 6 heteroatoms. The van der Waals surface area contributed by atoms with Gasteiger partial charge in [0, 0.05) is 38.0 Å². The topological polar surface area (TPSA) is 69.2 Å². The molecule has 2 N–H and O–H groups in total. The molecule has 1 aliphatic carbocycles. The third-order valence-corrected chi connectivity index (χ3v) is 7.16. The van der Waals surface area contributed by atoms with Crippen molar-refractivity contribution in [1.29, 1.82) is 0 Å². The fourth-order valence-electron chi connectivity index (χ4n) is 5.20. The number of hydrogen-bond acceptors (Lipinski definition) is 3. The van der Waals surface area contributed by atoms with Crippen LogP contribution in [0.4, 0.5) is 0 Å². The van der Waals surface area contributed by atoms with Crippen molar-refractivity contribution in [3.8, 4) is 0 Å². The van der Waals surface area contributed by atoms with Gasteiger partial charge in [-0.15, -0.1) is 0 Å². The van der Waals surface area contributed by atoms with E-state index in [9.17, 15) is 0 Å². The van der Waals surface area contributed by atoms with Crippen LogP contribution in [0.3, 0.4) is 0 Å². The van der Waals surface area contributed by atoms with E-state index in [-0.39, 0.29) is 5.41 Å². The molecule has 0 atom stereocenters. The fourth-order valence-corrected chi connectivity index (χ4v) is 5.20. The van der Waals surface area contributed by atoms with Crippen LogP contribution in [-0.2, 0) is 5.41 Å². The number of guanidine groups is 1. The molecular weight excluding hydrogens is 372 g/mol. The second-order valence-electron chi connectivity index (χ2n) is 9.30. The highest BCUT2D eigenvalue weighted by molar-refractivity contribution is 5.80. The molecular formula is C24H36N6. The Morgan fingerprint density at radius 3 is 2.47 bits per heavy atom. The van der Waals surface area contributed by atoms with Crippen LogP contribution in [0.1, 0.15) is 81.2 Å². The highest BCUT2D eigenvalue weighted by Gasteiger charge is 2.36. The zero-order valence-electron chi connectivity index (χ0n) is 18.7. The number of rotatable bonds is 5. The average molecular weight is 409 g/mol. The summed E-state index contributed by atoms with van der Waals surface area (Å²) in [7, 11) is 1.91. The van der Waals surface area contributed by atoms with E-state index in [1.54, 1.807) is 6.33 Å². The molecule has 1 aliphatic heterocycles. The Labute approximate surface area is 180 Å². The van der Waals surface area contributed by atoms with Crippen molar-refractivity contribution in [2.45, 2.75) is 69.6 Å². The normalized spacial score (nSPS) is 20.1. The van der Waals surface area contributed by atoms with E-state index in [1.165, 1.54) is 36.8 Å². The highest BCUT2D eigenvalue weighted by Crippen LogP contribution is 2.41. The maximum atomic E-state index is 4.62. The van der Waals surface area contributed by atoms with E-state index in [4.69, 9.17) is 0 Å². The molecule has 0 amide bonds. The Balaban J connectivity index is 1.39. The van der Waals surface area contributed by atoms with Crippen LogP contribution in [0.2, 0.25) is 0 Å². The fraction of sp³-hybridized carbons (Fsp3) is 0.625. The third-order valence-electron chi connectivity index (χ3n) is 7.16. The van der Waals surface area contributed by atoms with Crippen molar-refractivity contribution < 1.29 is 0 Å². The van der Waals surface area contributed by atoms with E-state index >= 15 is 0 Å². The van der Waals surface area contributed by atoms with Gasteiger partial charge in [-0.2, -0.15) is 5.10 Å². The van der Waals surface area contributed by atoms with Gasteiger partial charge in [-0.25, -0.2) is 4.98 Å². The SMILES string of the molecule is CN=C(NCC1(c2ccc(C(C)C)cc2)CCCC1)N1CCC(c2ncn[nH]2)CC1. The summed E-state index contributed by atoms with van der Waals surface area (Å²) in [6.07, 6.45) is 8.91. The number of nitrogens with zero attached hydrogens (tertiary/aromatic N) is 4. The van der Waals surface area contributed by atoms with Gasteiger partial charge in [-0.3, -0.25) is 10.1 Å². The first-order valence-corrected chi connectivity index (χ1v) is 11.5. The van der Waals surface area contributed by atoms with Crippen molar-refractivity contribution in [1.82, 2.24) is 25.4 Å². The molecule has 2 aliphatic rings. The summed E-state index contributed by atoms with van der Waals surface area (Å²) in [6, 6.07) is 9.38. The molecule has 2 heterocycles. The second-order valence-corrected chi connectivity index (χ2v) is 9.30. The summed E-state index contributed by atoms with van der Waals surface area (Å²) in [5.74, 6) is 3.11. The van der Waals surface area contributed by atoms with Gasteiger partial charge in [0.25, 0.3) is 0 Å². The van der Waals surface area contributed by atoms with E-state index in [0.29, 0.717) is 11.8 Å². The van der Waals surface area contributed by atoms with Gasteiger partial charge in [0.2, 0.25) is 0 Å². The second kappa shape index (κ2) is 9.19. The number of likely N-dealkylation sites (tertiary alicyclic amines) is 1. The quantitative estimate of drug-likeness (QED) is 0.575. The molecule has 1 saturated carbocycles. The van der Waals surface area contributed by atoms with Gasteiger partial charge in [-0.05, 0) is 42.7 Å². The maximum absolute atomic E-state index is 4.62. The van der Waals surface area contributed by atoms with Gasteiger partial charge in [0.1, 0.15) is 12.2 Å². The minimum absolute atomic E-state index is 0.226. The Bertz CT molecular complexity index is 810. The van der Waals surface area contributed by atoms with Gasteiger partial charge in [0.15, 0.2) is 5.96 Å². The molecule has 0 spiro atoms. The predicted octanol–water partition coefficient (Wildman–Crippen LogP) is 4.19. The summed E-state index contributed by atoms with van der Waals surface area (Å²) >= 11 is 0. The summed E-state index contributed by atoms with van der Waals surface area (Å²) in [4.78, 5) is 11.4. The maximum Gasteiger partial charge on any atom is 0.193 e. The van der Waals surface area contributed by atoms with Crippen LogP contribution < -0.4 is 5.32 Å². The largest absolute Gasteiger partial charge is 0.355 e. The zero-order valence-corrected chi connectivity index (χ0v) is 18.7. The van der Waals surface area contributed by atoms with Crippen LogP contribution in [-0.4, -0.2) is 52.7 Å². The third kappa shape index (κ3) is 4.37. The van der Waals surface area contributed by atoms with Gasteiger partial charge < -0.3 is 10.2 Å². The molecule has 162 valence electrons. The molecule has 1 saturated heterocycles. The van der Waals surface area contributed by atoms with Crippen LogP contribution in [0, 0.1) is 0 Å². The summed E-state index contributed by atoms with van der Waals surface area (Å²) in [5, 5.41) is 10.8. The van der Waals surface area contributed by atoms with Crippen molar-refractivity contribution in [2.75, 3.05) is 26.7 Å². The minimum atomic E-state index is 0.226. The van der Waals surface area contributed by atoms with Crippen molar-refractivity contribution in [2.24, 2.45) is 4.99 Å². The van der Waals surface area contributed by atoms with E-state index in [0.717, 1.165) is 44.3 Å². The number of benzene rings is 1. The first kappa shape index (κ1) is 20.9. The van der Waals surface area contributed by atoms with Gasteiger partial charge in [0.05, 0.1) is 0 Å². The molecule has 2 aromatic rings. The van der Waals surface area contributed by atoms with E-state index in [2.05, 4.69) is 68.5 Å². The minimum Gasteiger partial charge on any atom is -0.355 e. The molecule has 0 radical (unpaired) electrons. The number of aliphatic imine (C=N–C) groups is 1. The first-order chi connectivity index (χ1) is 14.6. The number of H-pyrrole nitrogens is 1. The molecule has 30 heavy (non-hydrogen) atoms. The standard InChI is InChI=1S/C24H36N6/c1-18(2)19-6-8-21(9-7-19)24(12-4-5-13-24)16-26-23(25-3)30-14-10-20(11-15-30)22-27-17-28-29-22/h6-9,17-18,20H,4-5,10-16H2,1-3H3,(H,25,26)(H,27,28,29). The summed E-state index contributed by atoms with van der Waals surface area (Å²) in [6.45, 7) is 7.49. The van der Waals surface area contributed by atoms with E-state index in [1.807, 2.05) is 7.05 Å². The first-order valence-electron chi connectivity index (χ1n) is 11.5. The van der Waals surface area contributed by atoms with Crippen LogP contribution >= 0.6 is 0 Å². The molecule has 1 aromatic carbocycles. The Kier molecular flexibility index (Phi) is 6.40. The summed E-state index contributed by atoms with van der Waals surface area (Å²) in [5.41, 5.74) is 3.13. The number of nitrogens with one attached hydrogen (secondary N) is 2. The monoisotopic (exact) mass is 408 g/mol. The number of aromatic nitrogens is 3. The molecule has 4 rings (SSSR count). The van der Waals surface area contributed by atoms with Crippen molar-refractivity contribution >= 4 is 5.96 Å². The van der Waals surface area contributed by atoms with Gasteiger partial charge in [-0.1, -0.05) is 51.0 Å². The number of hydrogen-bond donors (Lipinski definition) is 2. The predicted molar refractivity (Wildman–Crippen MR) is 122 cm³/mol. The Morgan fingerprint density at radius 2 is 1.90 bits per heavy atom. The van der Waals surface area contributed by atoms with Crippen molar-refractivity contribution in [3.63, 3.8) is 0 Å². The highest BCUT2D eigenvalue weighted by atomic mass is 15.3. The van der Waals surface area contributed by atoms with Gasteiger partial charge >= 0.3 is 0 Å². The lowest BCUT2D eigenvalue weighted by Crippen LogP contribution is -2.49. The molecule has 2 fully saturated rings. The molecule has 0 bridgehead atoms. The number of aromatic amines is 1. The Morgan fingerprint density at radius 1 is 1.20 bits per heavy atom. The molecule has 1 aromatic heterocycles. The lowest BCUT2D eigenvalue weighted by atomic mass is 9.78. The van der Waals surface area contributed by atoms with Crippen LogP contribution in [0.15, 0.2) is 35.6 Å². The molecule has 0 unspecified atom stereocenters. The smallest absolute Gasteiger partial charge is 0.193 e. The van der Waals surface area contributed by atoms with Crippen molar-refractivity contribution in [3.05, 3.63) is 47.5 Å². The average Bonchev–Trinajstić information content (AvgIpc) is 3.48. The van der Waals surface area contributed by atoms with Crippen LogP contribution in [0.25, 0.3) is 0 Å². The Hall–Kier alpha value is -2.37. The zero-order chi connectivity index (χ0) is 21.0.